The van der Waals surface area contributed by atoms with Gasteiger partial charge in [-0.05, 0) is 48.9 Å². The largest absolute Gasteiger partial charge is 0.416 e. The van der Waals surface area contributed by atoms with Crippen LogP contribution in [0.2, 0.25) is 0 Å². The van der Waals surface area contributed by atoms with Gasteiger partial charge in [0.2, 0.25) is 5.91 Å². The Morgan fingerprint density at radius 3 is 2.14 bits per heavy atom. The first-order valence-electron chi connectivity index (χ1n) is 8.44. The van der Waals surface area contributed by atoms with Crippen molar-refractivity contribution in [3.05, 3.63) is 54.1 Å². The molecule has 1 aliphatic rings. The summed E-state index contributed by atoms with van der Waals surface area (Å²) in [5, 5.41) is 4.64. The first kappa shape index (κ1) is 19.4. The van der Waals surface area contributed by atoms with E-state index in [1.54, 1.807) is 29.2 Å². The molecule has 3 amide bonds. The van der Waals surface area contributed by atoms with E-state index in [9.17, 15) is 27.6 Å². The molecular weight excluding hydrogens is 375 g/mol. The molecule has 3 rings (SSSR count). The van der Waals surface area contributed by atoms with E-state index in [1.807, 2.05) is 0 Å². The van der Waals surface area contributed by atoms with E-state index in [2.05, 4.69) is 10.6 Å². The molecule has 9 heteroatoms. The van der Waals surface area contributed by atoms with Crippen molar-refractivity contribution < 1.29 is 27.6 Å². The summed E-state index contributed by atoms with van der Waals surface area (Å²) < 4.78 is 37.6. The molecular formula is C19H16F3N3O3. The van der Waals surface area contributed by atoms with Crippen LogP contribution in [0, 0.1) is 0 Å². The summed E-state index contributed by atoms with van der Waals surface area (Å²) in [7, 11) is 0. The summed E-state index contributed by atoms with van der Waals surface area (Å²) in [6.07, 6.45) is -3.27. The van der Waals surface area contributed by atoms with Gasteiger partial charge >= 0.3 is 18.0 Å². The van der Waals surface area contributed by atoms with Gasteiger partial charge in [-0.25, -0.2) is 0 Å². The van der Waals surface area contributed by atoms with Gasteiger partial charge in [0.25, 0.3) is 0 Å². The third-order valence-electron chi connectivity index (χ3n) is 4.17. The molecule has 0 spiro atoms. The molecule has 2 aromatic rings. The van der Waals surface area contributed by atoms with Crippen LogP contribution in [0.15, 0.2) is 48.5 Å². The molecule has 0 atom stereocenters. The van der Waals surface area contributed by atoms with Crippen molar-refractivity contribution in [1.82, 2.24) is 0 Å². The molecule has 28 heavy (non-hydrogen) atoms. The number of nitrogens with one attached hydrogen (secondary N) is 2. The van der Waals surface area contributed by atoms with Crippen LogP contribution in [-0.4, -0.2) is 24.3 Å². The molecule has 1 saturated heterocycles. The van der Waals surface area contributed by atoms with Crippen molar-refractivity contribution in [2.24, 2.45) is 0 Å². The van der Waals surface area contributed by atoms with Gasteiger partial charge in [0.05, 0.1) is 5.56 Å². The summed E-state index contributed by atoms with van der Waals surface area (Å²) in [5.41, 5.74) is 0.140. The number of hydrogen-bond donors (Lipinski definition) is 2. The molecule has 6 nitrogen and oxygen atoms in total. The monoisotopic (exact) mass is 391 g/mol. The maximum absolute atomic E-state index is 12.5. The molecule has 0 aromatic heterocycles. The van der Waals surface area contributed by atoms with Crippen LogP contribution in [0.4, 0.5) is 30.2 Å². The van der Waals surface area contributed by atoms with Crippen LogP contribution in [-0.2, 0) is 20.6 Å². The molecule has 1 aliphatic heterocycles. The molecule has 2 N–H and O–H groups in total. The van der Waals surface area contributed by atoms with Crippen LogP contribution in [0.1, 0.15) is 18.4 Å². The lowest BCUT2D eigenvalue weighted by molar-refractivity contribution is -0.137. The van der Waals surface area contributed by atoms with Crippen molar-refractivity contribution >= 4 is 34.8 Å². The van der Waals surface area contributed by atoms with Gasteiger partial charge in [-0.2, -0.15) is 13.2 Å². The van der Waals surface area contributed by atoms with E-state index in [0.29, 0.717) is 24.3 Å². The van der Waals surface area contributed by atoms with E-state index >= 15 is 0 Å². The Morgan fingerprint density at radius 1 is 0.929 bits per heavy atom. The van der Waals surface area contributed by atoms with Gasteiger partial charge < -0.3 is 15.5 Å². The molecule has 1 heterocycles. The number of hydrogen-bond acceptors (Lipinski definition) is 3. The Kier molecular flexibility index (Phi) is 5.34. The number of carbonyl (C=O) groups is 3. The molecule has 0 aliphatic carbocycles. The predicted octanol–water partition coefficient (Wildman–Crippen LogP) is 3.41. The number of halogens is 3. The smallest absolute Gasteiger partial charge is 0.318 e. The second-order valence-electron chi connectivity index (χ2n) is 6.18. The van der Waals surface area contributed by atoms with Crippen molar-refractivity contribution in [1.29, 1.82) is 0 Å². The summed E-state index contributed by atoms with van der Waals surface area (Å²) in [5.74, 6) is -2.02. The zero-order chi connectivity index (χ0) is 20.3. The number of benzene rings is 2. The van der Waals surface area contributed by atoms with Crippen molar-refractivity contribution in [3.8, 4) is 0 Å². The normalized spacial score (nSPS) is 14.1. The fraction of sp³-hybridized carbons (Fsp3) is 0.211. The number of carbonyl (C=O) groups excluding carboxylic acids is 3. The third kappa shape index (κ3) is 4.48. The number of anilines is 3. The SMILES string of the molecule is O=C(Nc1ccc(C(F)(F)F)cc1)C(=O)Nc1cccc(N2CCCC2=O)c1. The van der Waals surface area contributed by atoms with Crippen molar-refractivity contribution in [2.45, 2.75) is 19.0 Å². The predicted molar refractivity (Wildman–Crippen MR) is 96.7 cm³/mol. The lowest BCUT2D eigenvalue weighted by Gasteiger charge is -2.16. The lowest BCUT2D eigenvalue weighted by atomic mass is 10.2. The highest BCUT2D eigenvalue weighted by atomic mass is 19.4. The molecule has 146 valence electrons. The summed E-state index contributed by atoms with van der Waals surface area (Å²) in [6.45, 7) is 0.588. The van der Waals surface area contributed by atoms with Gasteiger partial charge in [-0.15, -0.1) is 0 Å². The molecule has 1 fully saturated rings. The summed E-state index contributed by atoms with van der Waals surface area (Å²) in [6, 6.07) is 10.3. The van der Waals surface area contributed by atoms with E-state index in [0.717, 1.165) is 30.7 Å². The first-order valence-corrected chi connectivity index (χ1v) is 8.44. The summed E-state index contributed by atoms with van der Waals surface area (Å²) >= 11 is 0. The van der Waals surface area contributed by atoms with E-state index in [4.69, 9.17) is 0 Å². The Balaban J connectivity index is 1.63. The Morgan fingerprint density at radius 2 is 1.57 bits per heavy atom. The Labute approximate surface area is 158 Å². The molecule has 0 unspecified atom stereocenters. The van der Waals surface area contributed by atoms with Gasteiger partial charge in [0, 0.05) is 30.0 Å². The highest BCUT2D eigenvalue weighted by Crippen LogP contribution is 2.30. The van der Waals surface area contributed by atoms with Crippen LogP contribution >= 0.6 is 0 Å². The average molecular weight is 391 g/mol. The highest BCUT2D eigenvalue weighted by Gasteiger charge is 2.30. The second-order valence-corrected chi connectivity index (χ2v) is 6.18. The highest BCUT2D eigenvalue weighted by molar-refractivity contribution is 6.43. The summed E-state index contributed by atoms with van der Waals surface area (Å²) in [4.78, 5) is 37.4. The first-order chi connectivity index (χ1) is 13.2. The van der Waals surface area contributed by atoms with Crippen LogP contribution in [0.3, 0.4) is 0 Å². The Bertz CT molecular complexity index is 911. The lowest BCUT2D eigenvalue weighted by Crippen LogP contribution is -2.29. The molecule has 0 saturated carbocycles. The van der Waals surface area contributed by atoms with Gasteiger partial charge in [0.15, 0.2) is 0 Å². The quantitative estimate of drug-likeness (QED) is 0.787. The molecule has 2 aromatic carbocycles. The fourth-order valence-corrected chi connectivity index (χ4v) is 2.79. The minimum Gasteiger partial charge on any atom is -0.318 e. The van der Waals surface area contributed by atoms with Crippen molar-refractivity contribution in [3.63, 3.8) is 0 Å². The third-order valence-corrected chi connectivity index (χ3v) is 4.17. The zero-order valence-corrected chi connectivity index (χ0v) is 14.5. The van der Waals surface area contributed by atoms with E-state index in [1.165, 1.54) is 0 Å². The van der Waals surface area contributed by atoms with Crippen LogP contribution in [0.25, 0.3) is 0 Å². The molecule has 0 bridgehead atoms. The number of nitrogens with zero attached hydrogens (tertiary/aromatic N) is 1. The maximum Gasteiger partial charge on any atom is 0.416 e. The van der Waals surface area contributed by atoms with Gasteiger partial charge in [0.1, 0.15) is 0 Å². The zero-order valence-electron chi connectivity index (χ0n) is 14.5. The topological polar surface area (TPSA) is 78.5 Å². The minimum absolute atomic E-state index is 0.0106. The van der Waals surface area contributed by atoms with Crippen molar-refractivity contribution in [2.75, 3.05) is 22.1 Å². The standard InChI is InChI=1S/C19H16F3N3O3/c20-19(21,22)12-6-8-13(9-7-12)23-17(27)18(28)24-14-3-1-4-15(11-14)25-10-2-5-16(25)26/h1,3-4,6-9,11H,2,5,10H2,(H,23,27)(H,24,28). The van der Waals surface area contributed by atoms with E-state index in [-0.39, 0.29) is 11.6 Å². The fourth-order valence-electron chi connectivity index (χ4n) is 2.79. The van der Waals surface area contributed by atoms with Gasteiger partial charge in [-0.1, -0.05) is 6.07 Å². The van der Waals surface area contributed by atoms with Crippen LogP contribution < -0.4 is 15.5 Å². The maximum atomic E-state index is 12.5. The Hall–Kier alpha value is -3.36. The molecule has 0 radical (unpaired) electrons. The van der Waals surface area contributed by atoms with Gasteiger partial charge in [-0.3, -0.25) is 14.4 Å². The van der Waals surface area contributed by atoms with E-state index < -0.39 is 23.6 Å². The minimum atomic E-state index is -4.48. The number of alkyl halides is 3. The van der Waals surface area contributed by atoms with Crippen LogP contribution in [0.5, 0.6) is 0 Å². The second kappa shape index (κ2) is 7.71. The number of rotatable bonds is 3. The number of amides is 3. The average Bonchev–Trinajstić information content (AvgIpc) is 3.07.